The fraction of sp³-hybridized carbons (Fsp3) is 0.0870. The molecule has 16 heteroatoms. The van der Waals surface area contributed by atoms with Crippen molar-refractivity contribution < 1.29 is 48.1 Å². The van der Waals surface area contributed by atoms with E-state index in [-0.39, 0.29) is 86.4 Å². The van der Waals surface area contributed by atoms with E-state index in [0.29, 0.717) is 62.2 Å². The second-order valence-electron chi connectivity index (χ2n) is 13.8. The van der Waals surface area contributed by atoms with E-state index in [0.717, 1.165) is 0 Å². The number of carboxylic acid groups (broad SMARTS) is 1. The minimum absolute atomic E-state index is 0.0578. The first-order chi connectivity index (χ1) is 30.0. The lowest BCUT2D eigenvalue weighted by Crippen LogP contribution is -2.26. The normalized spacial score (nSPS) is 11.2. The zero-order valence-electron chi connectivity index (χ0n) is 32.1. The molecule has 0 radical (unpaired) electrons. The van der Waals surface area contributed by atoms with Crippen LogP contribution in [0.25, 0.3) is 66.8 Å². The van der Waals surface area contributed by atoms with Gasteiger partial charge in [-0.3, -0.25) is 24.0 Å². The number of fused-ring (bicyclic) bond motifs is 4. The summed E-state index contributed by atoms with van der Waals surface area (Å²) in [5.74, 6) is -0.617. The number of rotatable bonds is 14. The first-order valence-electron chi connectivity index (χ1n) is 18.8. The number of phenols is 2. The maximum absolute atomic E-state index is 13.3. The molecule has 8 rings (SSSR count). The van der Waals surface area contributed by atoms with E-state index in [1.165, 1.54) is 100 Å². The van der Waals surface area contributed by atoms with Crippen LogP contribution in [-0.4, -0.2) is 64.2 Å². The lowest BCUT2D eigenvalue weighted by Gasteiger charge is -2.17. The molecule has 0 bridgehead atoms. The van der Waals surface area contributed by atoms with Crippen LogP contribution in [0.5, 0.6) is 17.2 Å². The molecule has 0 atom stereocenters. The van der Waals surface area contributed by atoms with Crippen LogP contribution >= 0.6 is 21.6 Å². The second-order valence-corrected chi connectivity index (χ2v) is 16.5. The summed E-state index contributed by atoms with van der Waals surface area (Å²) >= 11 is 0. The molecule has 62 heavy (non-hydrogen) atoms. The monoisotopic (exact) mass is 868 g/mol. The third kappa shape index (κ3) is 8.41. The van der Waals surface area contributed by atoms with Crippen molar-refractivity contribution in [3.8, 4) is 62.1 Å². The zero-order valence-corrected chi connectivity index (χ0v) is 33.8. The van der Waals surface area contributed by atoms with E-state index >= 15 is 0 Å². The molecule has 0 aromatic heterocycles. The van der Waals surface area contributed by atoms with Crippen molar-refractivity contribution in [1.82, 2.24) is 10.6 Å². The predicted octanol–water partition coefficient (Wildman–Crippen LogP) is 7.63. The summed E-state index contributed by atoms with van der Waals surface area (Å²) < 4.78 is 17.1. The molecule has 2 amide bonds. The number of aromatic hydroxyl groups is 2. The summed E-state index contributed by atoms with van der Waals surface area (Å²) in [6, 6.07) is 26.3. The Hall–Kier alpha value is -7.56. The Kier molecular flexibility index (Phi) is 11.7. The molecule has 0 saturated carbocycles. The summed E-state index contributed by atoms with van der Waals surface area (Å²) in [5.41, 5.74) is 2.87. The maximum Gasteiger partial charge on any atom is 0.336 e. The van der Waals surface area contributed by atoms with Crippen LogP contribution in [0.1, 0.15) is 31.1 Å². The summed E-state index contributed by atoms with van der Waals surface area (Å²) in [6.07, 6.45) is 0. The van der Waals surface area contributed by atoms with Crippen molar-refractivity contribution in [2.24, 2.45) is 0 Å². The molecule has 0 unspecified atom stereocenters. The van der Waals surface area contributed by atoms with Gasteiger partial charge in [-0.1, -0.05) is 27.7 Å². The standard InChI is InChI=1S/C46H32N2O12S2/c49-23-58-37-12-2-25(18-36(37)43-33-10-5-28(52)21-40(33)60-41-22-29(53)6-11-34(41)43)45(55)48-14-16-62-61-15-13-47-44(54)24-1-7-30(35(17-24)46(56)57)42-31-8-3-26(50)19-38(31)59-39-20-27(51)4-9-32(39)42/h1-12,17-23,50,52H,13-16H2,(H,47,54)(H,48,55)(H,56,57). The predicted molar refractivity (Wildman–Crippen MR) is 236 cm³/mol. The van der Waals surface area contributed by atoms with Crippen molar-refractivity contribution in [1.29, 1.82) is 0 Å². The first-order valence-corrected chi connectivity index (χ1v) is 21.3. The summed E-state index contributed by atoms with van der Waals surface area (Å²) in [7, 11) is 2.95. The molecule has 4 aromatic rings. The van der Waals surface area contributed by atoms with Gasteiger partial charge >= 0.3 is 5.97 Å². The largest absolute Gasteiger partial charge is 0.508 e. The van der Waals surface area contributed by atoms with Crippen molar-refractivity contribution in [2.45, 2.75) is 0 Å². The molecule has 14 nitrogen and oxygen atoms in total. The van der Waals surface area contributed by atoms with Gasteiger partial charge in [-0.2, -0.15) is 0 Å². The number of aromatic carboxylic acids is 1. The molecule has 2 aliphatic carbocycles. The second kappa shape index (κ2) is 17.6. The minimum atomic E-state index is -1.27. The Balaban J connectivity index is 0.887. The summed E-state index contributed by atoms with van der Waals surface area (Å²) in [4.78, 5) is 74.8. The van der Waals surface area contributed by atoms with Crippen LogP contribution < -0.4 is 26.2 Å². The van der Waals surface area contributed by atoms with Crippen LogP contribution in [0.4, 0.5) is 0 Å². The average Bonchev–Trinajstić information content (AvgIpc) is 3.25. The lowest BCUT2D eigenvalue weighted by atomic mass is 9.90. The third-order valence-electron chi connectivity index (χ3n) is 9.85. The quantitative estimate of drug-likeness (QED) is 0.0307. The SMILES string of the molecule is O=COc1ccc(C(=O)NCCSSCCNC(=O)c2ccc(-c3c4ccc(=O)cc-4oc4cc(O)ccc34)c(C(=O)O)c2)cc1-c1c2ccc(=O)cc-2oc2cc(O)ccc12. The molecule has 5 N–H and O–H groups in total. The van der Waals surface area contributed by atoms with E-state index in [9.17, 15) is 44.1 Å². The first kappa shape index (κ1) is 41.2. The molecule has 0 spiro atoms. The molecule has 4 aromatic carbocycles. The number of amides is 2. The van der Waals surface area contributed by atoms with Crippen LogP contribution in [0, 0.1) is 0 Å². The molecule has 0 fully saturated rings. The highest BCUT2D eigenvalue weighted by Gasteiger charge is 2.25. The zero-order chi connectivity index (χ0) is 43.5. The molecular weight excluding hydrogens is 837 g/mol. The van der Waals surface area contributed by atoms with Crippen molar-refractivity contribution in [2.75, 3.05) is 24.6 Å². The highest BCUT2D eigenvalue weighted by atomic mass is 33.1. The van der Waals surface area contributed by atoms with Crippen LogP contribution in [0.2, 0.25) is 0 Å². The van der Waals surface area contributed by atoms with Gasteiger partial charge < -0.3 is 39.5 Å². The van der Waals surface area contributed by atoms with Crippen LogP contribution in [0.15, 0.2) is 128 Å². The van der Waals surface area contributed by atoms with Crippen molar-refractivity contribution >= 4 is 67.8 Å². The Morgan fingerprint density at radius 1 is 0.597 bits per heavy atom. The summed E-state index contributed by atoms with van der Waals surface area (Å²) in [6.45, 7) is 0.849. The number of ether oxygens (including phenoxy) is 1. The Morgan fingerprint density at radius 3 is 1.63 bits per heavy atom. The molecular formula is C46H32N2O12S2. The van der Waals surface area contributed by atoms with Gasteiger partial charge in [-0.05, 0) is 84.4 Å². The molecule has 310 valence electrons. The number of carbonyl (C=O) groups excluding carboxylic acids is 3. The van der Waals surface area contributed by atoms with Crippen LogP contribution in [0.3, 0.4) is 0 Å². The van der Waals surface area contributed by atoms with E-state index < -0.39 is 11.9 Å². The van der Waals surface area contributed by atoms with Gasteiger partial charge in [0.15, 0.2) is 10.9 Å². The number of carboxylic acids is 1. The molecule has 2 aliphatic heterocycles. The van der Waals surface area contributed by atoms with Crippen molar-refractivity contribution in [3.05, 3.63) is 146 Å². The highest BCUT2D eigenvalue weighted by Crippen LogP contribution is 2.45. The third-order valence-corrected chi connectivity index (χ3v) is 12.3. The van der Waals surface area contributed by atoms with Gasteiger partial charge in [0.1, 0.15) is 39.9 Å². The Morgan fingerprint density at radius 2 is 1.10 bits per heavy atom. The number of carbonyl (C=O) groups is 4. The smallest absolute Gasteiger partial charge is 0.336 e. The van der Waals surface area contributed by atoms with E-state index in [1.807, 2.05) is 0 Å². The van der Waals surface area contributed by atoms with Gasteiger partial charge in [0.2, 0.25) is 0 Å². The van der Waals surface area contributed by atoms with Gasteiger partial charge in [0, 0.05) is 98.6 Å². The van der Waals surface area contributed by atoms with Gasteiger partial charge in [-0.25, -0.2) is 4.79 Å². The number of hydrogen-bond donors (Lipinski definition) is 5. The van der Waals surface area contributed by atoms with E-state index in [4.69, 9.17) is 13.6 Å². The number of benzene rings is 6. The van der Waals surface area contributed by atoms with Crippen molar-refractivity contribution in [3.63, 3.8) is 0 Å². The number of hydrogen-bond acceptors (Lipinski definition) is 13. The number of nitrogens with one attached hydrogen (secondary N) is 2. The maximum atomic E-state index is 13.3. The molecule has 0 saturated heterocycles. The minimum Gasteiger partial charge on any atom is -0.508 e. The molecule has 4 aliphatic rings. The van der Waals surface area contributed by atoms with Gasteiger partial charge in [-0.15, -0.1) is 0 Å². The lowest BCUT2D eigenvalue weighted by molar-refractivity contribution is -0.120. The highest BCUT2D eigenvalue weighted by molar-refractivity contribution is 8.76. The summed E-state index contributed by atoms with van der Waals surface area (Å²) in [5, 5.41) is 37.2. The Labute approximate surface area is 358 Å². The number of phenolic OH excluding ortho intramolecular Hbond substituents is 2. The fourth-order valence-electron chi connectivity index (χ4n) is 7.13. The topological polar surface area (TPSA) is 223 Å². The van der Waals surface area contributed by atoms with Gasteiger partial charge in [0.25, 0.3) is 18.3 Å². The molecule has 2 heterocycles. The van der Waals surface area contributed by atoms with Crippen LogP contribution in [-0.2, 0) is 4.79 Å². The van der Waals surface area contributed by atoms with Gasteiger partial charge in [0.05, 0.1) is 5.56 Å². The van der Waals surface area contributed by atoms with E-state index in [2.05, 4.69) is 10.6 Å². The van der Waals surface area contributed by atoms with E-state index in [1.54, 1.807) is 30.3 Å². The Bertz CT molecular complexity index is 3140. The average molecular weight is 869 g/mol. The fourth-order valence-corrected chi connectivity index (χ4v) is 8.95.